The lowest BCUT2D eigenvalue weighted by Crippen LogP contribution is -2.30. The molecule has 0 fully saturated rings. The lowest BCUT2D eigenvalue weighted by Gasteiger charge is -2.16. The van der Waals surface area contributed by atoms with Gasteiger partial charge in [0.05, 0.1) is 0 Å². The van der Waals surface area contributed by atoms with Crippen LogP contribution in [0, 0.1) is 6.92 Å². The molecule has 1 N–H and O–H groups in total. The zero-order valence-electron chi connectivity index (χ0n) is 14.4. The fourth-order valence-corrected chi connectivity index (χ4v) is 2.79. The normalized spacial score (nSPS) is 10.7. The Bertz CT molecular complexity index is 684. The molecule has 2 aromatic carbocycles. The SMILES string of the molecule is Cc1cc(OCC(=O)NCCc2ccccc2)c(C(C)C)cc1Br. The van der Waals surface area contributed by atoms with Crippen LogP contribution in [0.25, 0.3) is 0 Å². The van der Waals surface area contributed by atoms with Gasteiger partial charge in [-0.05, 0) is 48.1 Å². The minimum Gasteiger partial charge on any atom is -0.483 e. The first kappa shape index (κ1) is 18.5. The second kappa shape index (κ2) is 8.88. The average molecular weight is 390 g/mol. The second-order valence-corrected chi connectivity index (χ2v) is 7.02. The molecule has 2 aromatic rings. The van der Waals surface area contributed by atoms with Gasteiger partial charge in [-0.2, -0.15) is 0 Å². The van der Waals surface area contributed by atoms with Crippen molar-refractivity contribution in [1.82, 2.24) is 5.32 Å². The zero-order valence-corrected chi connectivity index (χ0v) is 16.0. The minimum absolute atomic E-state index is 0.0373. The fraction of sp³-hybridized carbons (Fsp3) is 0.350. The summed E-state index contributed by atoms with van der Waals surface area (Å²) in [6.07, 6.45) is 0.821. The maximum absolute atomic E-state index is 12.0. The number of aryl methyl sites for hydroxylation is 1. The van der Waals surface area contributed by atoms with E-state index in [1.807, 2.05) is 31.2 Å². The molecule has 0 atom stereocenters. The van der Waals surface area contributed by atoms with Crippen molar-refractivity contribution in [2.24, 2.45) is 0 Å². The van der Waals surface area contributed by atoms with Crippen LogP contribution < -0.4 is 10.1 Å². The monoisotopic (exact) mass is 389 g/mol. The molecular formula is C20H24BrNO2. The summed E-state index contributed by atoms with van der Waals surface area (Å²) in [6.45, 7) is 6.90. The van der Waals surface area contributed by atoms with Crippen molar-refractivity contribution >= 4 is 21.8 Å². The smallest absolute Gasteiger partial charge is 0.257 e. The molecule has 0 aromatic heterocycles. The van der Waals surface area contributed by atoms with Crippen molar-refractivity contribution in [3.05, 3.63) is 63.6 Å². The maximum atomic E-state index is 12.0. The molecule has 3 nitrogen and oxygen atoms in total. The van der Waals surface area contributed by atoms with Crippen LogP contribution in [-0.2, 0) is 11.2 Å². The predicted molar refractivity (Wildman–Crippen MR) is 102 cm³/mol. The van der Waals surface area contributed by atoms with E-state index in [-0.39, 0.29) is 12.5 Å². The highest BCUT2D eigenvalue weighted by molar-refractivity contribution is 9.10. The van der Waals surface area contributed by atoms with E-state index in [4.69, 9.17) is 4.74 Å². The number of amides is 1. The standard InChI is InChI=1S/C20H24BrNO2/c1-14(2)17-12-18(21)15(3)11-19(17)24-13-20(23)22-10-9-16-7-5-4-6-8-16/h4-8,11-12,14H,9-10,13H2,1-3H3,(H,22,23). The number of carbonyl (C=O) groups excluding carboxylic acids is 1. The first-order valence-electron chi connectivity index (χ1n) is 8.21. The lowest BCUT2D eigenvalue weighted by molar-refractivity contribution is -0.123. The van der Waals surface area contributed by atoms with Gasteiger partial charge in [0, 0.05) is 11.0 Å². The van der Waals surface area contributed by atoms with Crippen molar-refractivity contribution < 1.29 is 9.53 Å². The van der Waals surface area contributed by atoms with Crippen molar-refractivity contribution in [2.75, 3.05) is 13.2 Å². The number of nitrogens with one attached hydrogen (secondary N) is 1. The summed E-state index contributed by atoms with van der Waals surface area (Å²) in [5.74, 6) is 1.02. The molecule has 0 aliphatic rings. The van der Waals surface area contributed by atoms with Crippen molar-refractivity contribution in [3.63, 3.8) is 0 Å². The molecule has 128 valence electrons. The van der Waals surface area contributed by atoms with Gasteiger partial charge in [-0.15, -0.1) is 0 Å². The van der Waals surface area contributed by atoms with E-state index in [9.17, 15) is 4.79 Å². The molecule has 0 radical (unpaired) electrons. The molecule has 0 unspecified atom stereocenters. The van der Waals surface area contributed by atoms with Gasteiger partial charge < -0.3 is 10.1 Å². The van der Waals surface area contributed by atoms with Gasteiger partial charge in [-0.25, -0.2) is 0 Å². The Morgan fingerprint density at radius 1 is 1.21 bits per heavy atom. The van der Waals surface area contributed by atoms with Crippen LogP contribution in [-0.4, -0.2) is 19.1 Å². The van der Waals surface area contributed by atoms with Gasteiger partial charge in [0.1, 0.15) is 5.75 Å². The van der Waals surface area contributed by atoms with Crippen LogP contribution in [0.3, 0.4) is 0 Å². The summed E-state index contributed by atoms with van der Waals surface area (Å²) in [5.41, 5.74) is 3.41. The summed E-state index contributed by atoms with van der Waals surface area (Å²) in [5, 5.41) is 2.90. The Labute approximate surface area is 152 Å². The molecule has 0 saturated carbocycles. The van der Waals surface area contributed by atoms with Crippen LogP contribution in [0.5, 0.6) is 5.75 Å². The number of carbonyl (C=O) groups is 1. The van der Waals surface area contributed by atoms with E-state index in [2.05, 4.69) is 53.3 Å². The van der Waals surface area contributed by atoms with E-state index >= 15 is 0 Å². The summed E-state index contributed by atoms with van der Waals surface area (Å²) in [6, 6.07) is 14.2. The predicted octanol–water partition coefficient (Wildman–Crippen LogP) is 4.62. The molecular weight excluding hydrogens is 366 g/mol. The maximum Gasteiger partial charge on any atom is 0.257 e. The minimum atomic E-state index is -0.0961. The Balaban J connectivity index is 1.86. The Morgan fingerprint density at radius 3 is 2.58 bits per heavy atom. The Hall–Kier alpha value is -1.81. The van der Waals surface area contributed by atoms with Crippen LogP contribution in [0.4, 0.5) is 0 Å². The van der Waals surface area contributed by atoms with Gasteiger partial charge >= 0.3 is 0 Å². The first-order chi connectivity index (χ1) is 11.5. The third kappa shape index (κ3) is 5.38. The van der Waals surface area contributed by atoms with Crippen molar-refractivity contribution in [1.29, 1.82) is 0 Å². The van der Waals surface area contributed by atoms with Gasteiger partial charge in [-0.1, -0.05) is 60.1 Å². The zero-order chi connectivity index (χ0) is 17.5. The molecule has 24 heavy (non-hydrogen) atoms. The van der Waals surface area contributed by atoms with E-state index in [0.29, 0.717) is 12.5 Å². The number of rotatable bonds is 7. The molecule has 0 heterocycles. The van der Waals surface area contributed by atoms with E-state index < -0.39 is 0 Å². The van der Waals surface area contributed by atoms with Crippen LogP contribution in [0.15, 0.2) is 46.9 Å². The molecule has 0 spiro atoms. The molecule has 0 saturated heterocycles. The highest BCUT2D eigenvalue weighted by Gasteiger charge is 2.12. The van der Waals surface area contributed by atoms with Gasteiger partial charge in [0.2, 0.25) is 0 Å². The topological polar surface area (TPSA) is 38.3 Å². The molecule has 4 heteroatoms. The fourth-order valence-electron chi connectivity index (χ4n) is 2.43. The molecule has 1 amide bonds. The van der Waals surface area contributed by atoms with Crippen molar-refractivity contribution in [3.8, 4) is 5.75 Å². The summed E-state index contributed by atoms with van der Waals surface area (Å²) in [4.78, 5) is 12.0. The number of ether oxygens (including phenoxy) is 1. The van der Waals surface area contributed by atoms with Crippen molar-refractivity contribution in [2.45, 2.75) is 33.1 Å². The molecule has 0 aliphatic heterocycles. The lowest BCUT2D eigenvalue weighted by atomic mass is 10.0. The van der Waals surface area contributed by atoms with Gasteiger partial charge in [0.15, 0.2) is 6.61 Å². The van der Waals surface area contributed by atoms with E-state index in [1.54, 1.807) is 0 Å². The molecule has 0 bridgehead atoms. The number of halogens is 1. The van der Waals surface area contributed by atoms with E-state index in [0.717, 1.165) is 27.8 Å². The third-order valence-corrected chi connectivity index (χ3v) is 4.70. The summed E-state index contributed by atoms with van der Waals surface area (Å²) in [7, 11) is 0. The van der Waals surface area contributed by atoms with Crippen LogP contribution in [0.1, 0.15) is 36.5 Å². The van der Waals surface area contributed by atoms with Gasteiger partial charge in [0.25, 0.3) is 5.91 Å². The summed E-state index contributed by atoms with van der Waals surface area (Å²) >= 11 is 3.55. The Morgan fingerprint density at radius 2 is 1.92 bits per heavy atom. The van der Waals surface area contributed by atoms with Crippen LogP contribution >= 0.6 is 15.9 Å². The van der Waals surface area contributed by atoms with Crippen LogP contribution in [0.2, 0.25) is 0 Å². The van der Waals surface area contributed by atoms with Gasteiger partial charge in [-0.3, -0.25) is 4.79 Å². The number of hydrogen-bond acceptors (Lipinski definition) is 2. The first-order valence-corrected chi connectivity index (χ1v) is 9.00. The number of benzene rings is 2. The largest absolute Gasteiger partial charge is 0.483 e. The molecule has 2 rings (SSSR count). The second-order valence-electron chi connectivity index (χ2n) is 6.17. The number of hydrogen-bond donors (Lipinski definition) is 1. The quantitative estimate of drug-likeness (QED) is 0.749. The molecule has 0 aliphatic carbocycles. The average Bonchev–Trinajstić information content (AvgIpc) is 2.56. The van der Waals surface area contributed by atoms with E-state index in [1.165, 1.54) is 5.56 Å². The highest BCUT2D eigenvalue weighted by Crippen LogP contribution is 2.32. The third-order valence-electron chi connectivity index (χ3n) is 3.85. The summed E-state index contributed by atoms with van der Waals surface area (Å²) < 4.78 is 6.83. The Kier molecular flexibility index (Phi) is 6.85. The highest BCUT2D eigenvalue weighted by atomic mass is 79.9.